The Labute approximate surface area is 209 Å². The van der Waals surface area contributed by atoms with E-state index in [1.54, 1.807) is 6.92 Å². The van der Waals surface area contributed by atoms with E-state index in [0.717, 1.165) is 51.7 Å². The molecule has 1 saturated heterocycles. The summed E-state index contributed by atoms with van der Waals surface area (Å²) in [5, 5.41) is 3.30. The van der Waals surface area contributed by atoms with Crippen molar-refractivity contribution in [3.05, 3.63) is 65.2 Å². The number of hydrogen-bond acceptors (Lipinski definition) is 4. The number of carbonyl (C=O) groups excluding carboxylic acids is 1. The molecule has 6 nitrogen and oxygen atoms in total. The number of carbonyl (C=O) groups is 1. The fraction of sp³-hybridized carbons (Fsp3) is 0.536. The van der Waals surface area contributed by atoms with Crippen LogP contribution in [0.3, 0.4) is 0 Å². The molecule has 2 aromatic carbocycles. The number of sulfonamides is 1. The van der Waals surface area contributed by atoms with Gasteiger partial charge >= 0.3 is 0 Å². The summed E-state index contributed by atoms with van der Waals surface area (Å²) in [6.45, 7) is 7.13. The molecule has 2 N–H and O–H groups in total. The quantitative estimate of drug-likeness (QED) is 0.556. The molecule has 188 valence electrons. The van der Waals surface area contributed by atoms with Crippen molar-refractivity contribution in [3.8, 4) is 0 Å². The van der Waals surface area contributed by atoms with Crippen LogP contribution >= 0.6 is 0 Å². The van der Waals surface area contributed by atoms with Gasteiger partial charge in [-0.2, -0.15) is 0 Å². The third kappa shape index (κ3) is 4.73. The second kappa shape index (κ2) is 8.93. The lowest BCUT2D eigenvalue weighted by Gasteiger charge is -2.32. The van der Waals surface area contributed by atoms with Gasteiger partial charge in [0.1, 0.15) is 0 Å². The summed E-state index contributed by atoms with van der Waals surface area (Å²) >= 11 is 0. The Balaban J connectivity index is 1.19. The van der Waals surface area contributed by atoms with Gasteiger partial charge in [-0.25, -0.2) is 8.42 Å². The minimum atomic E-state index is -3.29. The summed E-state index contributed by atoms with van der Waals surface area (Å²) in [5.41, 5.74) is 4.65. The predicted molar refractivity (Wildman–Crippen MR) is 140 cm³/mol. The Bertz CT molecular complexity index is 1190. The molecule has 1 saturated carbocycles. The van der Waals surface area contributed by atoms with E-state index in [2.05, 4.69) is 52.2 Å². The lowest BCUT2D eigenvalue weighted by molar-refractivity contribution is -0.120. The van der Waals surface area contributed by atoms with Gasteiger partial charge in [0.05, 0.1) is 6.26 Å². The topological polar surface area (TPSA) is 78.5 Å². The zero-order valence-electron chi connectivity index (χ0n) is 21.0. The van der Waals surface area contributed by atoms with Gasteiger partial charge in [0, 0.05) is 36.7 Å². The number of amides is 1. The molecular weight excluding hydrogens is 458 g/mol. The molecule has 7 heteroatoms. The Morgan fingerprint density at radius 3 is 2.29 bits per heavy atom. The number of anilines is 1. The molecule has 5 rings (SSSR count). The van der Waals surface area contributed by atoms with Gasteiger partial charge in [0.15, 0.2) is 0 Å². The van der Waals surface area contributed by atoms with E-state index in [-0.39, 0.29) is 16.9 Å². The zero-order valence-corrected chi connectivity index (χ0v) is 21.8. The first-order valence-electron chi connectivity index (χ1n) is 12.8. The van der Waals surface area contributed by atoms with E-state index in [9.17, 15) is 13.2 Å². The molecule has 0 bridgehead atoms. The summed E-state index contributed by atoms with van der Waals surface area (Å²) in [7, 11) is -3.29. The monoisotopic (exact) mass is 495 g/mol. The van der Waals surface area contributed by atoms with Crippen molar-refractivity contribution >= 4 is 21.6 Å². The highest BCUT2D eigenvalue weighted by Crippen LogP contribution is 2.65. The molecule has 0 radical (unpaired) electrons. The third-order valence-electron chi connectivity index (χ3n) is 8.64. The van der Waals surface area contributed by atoms with E-state index < -0.39 is 10.0 Å². The lowest BCUT2D eigenvalue weighted by atomic mass is 9.87. The number of piperidine rings is 1. The minimum absolute atomic E-state index is 0.0561. The molecule has 3 aliphatic rings. The van der Waals surface area contributed by atoms with E-state index in [0.29, 0.717) is 17.5 Å². The van der Waals surface area contributed by atoms with Gasteiger partial charge in [-0.05, 0) is 79.3 Å². The summed E-state index contributed by atoms with van der Waals surface area (Å²) in [5.74, 6) is 1.31. The molecule has 2 aliphatic carbocycles. The van der Waals surface area contributed by atoms with Crippen LogP contribution in [0.25, 0.3) is 0 Å². The first-order valence-corrected chi connectivity index (χ1v) is 14.7. The number of likely N-dealkylation sites (tertiary alicyclic amines) is 1. The molecular formula is C28H37N3O3S. The summed E-state index contributed by atoms with van der Waals surface area (Å²) < 4.78 is 26.0. The average Bonchev–Trinajstić information content (AvgIpc) is 3.06. The number of rotatable bonds is 9. The Kier molecular flexibility index (Phi) is 6.20. The molecule has 1 amide bonds. The number of hydrogen-bond donors (Lipinski definition) is 2. The number of nitrogens with zero attached hydrogens (tertiary/aromatic N) is 1. The molecule has 0 aromatic heterocycles. The number of benzene rings is 2. The minimum Gasteiger partial charge on any atom is -0.350 e. The van der Waals surface area contributed by atoms with Crippen molar-refractivity contribution < 1.29 is 13.2 Å². The fourth-order valence-electron chi connectivity index (χ4n) is 7.28. The highest BCUT2D eigenvalue weighted by Gasteiger charge is 2.67. The highest BCUT2D eigenvalue weighted by molar-refractivity contribution is 7.92. The standard InChI is InChI=1S/C28H37N3O3S/c1-4-28(23-11-7-12-24(15-23)30-35(3,33)34)25-18-31(19-26(25)28)14-8-13-27(29-20(2)32)16-21-9-5-6-10-22(21)17-27/h5-7,9-12,15,25-26,30H,4,8,13-14,16-19H2,1-3H3,(H,29,32). The van der Waals surface area contributed by atoms with Crippen LogP contribution in [0.1, 0.15) is 49.8 Å². The number of fused-ring (bicyclic) bond motifs is 2. The summed E-state index contributed by atoms with van der Waals surface area (Å²) in [6, 6.07) is 16.5. The van der Waals surface area contributed by atoms with Crippen LogP contribution in [0.5, 0.6) is 0 Å². The maximum absolute atomic E-state index is 12.0. The van der Waals surface area contributed by atoms with E-state index in [4.69, 9.17) is 0 Å². The molecule has 1 aliphatic heterocycles. The fourth-order valence-corrected chi connectivity index (χ4v) is 7.83. The van der Waals surface area contributed by atoms with Gasteiger partial charge in [-0.3, -0.25) is 9.52 Å². The molecule has 2 unspecified atom stereocenters. The van der Waals surface area contributed by atoms with Crippen LogP contribution in [0.15, 0.2) is 48.5 Å². The largest absolute Gasteiger partial charge is 0.350 e. The van der Waals surface area contributed by atoms with Gasteiger partial charge in [-0.1, -0.05) is 43.3 Å². The van der Waals surface area contributed by atoms with Crippen molar-refractivity contribution in [3.63, 3.8) is 0 Å². The van der Waals surface area contributed by atoms with Crippen LogP contribution < -0.4 is 10.0 Å². The van der Waals surface area contributed by atoms with Crippen molar-refractivity contribution in [1.82, 2.24) is 10.2 Å². The Morgan fingerprint density at radius 1 is 1.06 bits per heavy atom. The molecule has 2 atom stereocenters. The van der Waals surface area contributed by atoms with Crippen LogP contribution in [0, 0.1) is 11.8 Å². The predicted octanol–water partition coefficient (Wildman–Crippen LogP) is 3.72. The lowest BCUT2D eigenvalue weighted by Crippen LogP contribution is -2.49. The molecule has 0 spiro atoms. The first-order chi connectivity index (χ1) is 16.6. The first kappa shape index (κ1) is 24.3. The van der Waals surface area contributed by atoms with E-state index in [1.807, 2.05) is 18.2 Å². The van der Waals surface area contributed by atoms with Crippen molar-refractivity contribution in [2.24, 2.45) is 11.8 Å². The number of nitrogens with one attached hydrogen (secondary N) is 2. The molecule has 2 fully saturated rings. The van der Waals surface area contributed by atoms with Crippen LogP contribution in [-0.4, -0.2) is 50.7 Å². The van der Waals surface area contributed by atoms with E-state index in [1.165, 1.54) is 22.9 Å². The van der Waals surface area contributed by atoms with Gasteiger partial charge in [0.2, 0.25) is 15.9 Å². The van der Waals surface area contributed by atoms with Gasteiger partial charge < -0.3 is 10.2 Å². The van der Waals surface area contributed by atoms with E-state index >= 15 is 0 Å². The highest BCUT2D eigenvalue weighted by atomic mass is 32.2. The smallest absolute Gasteiger partial charge is 0.229 e. The van der Waals surface area contributed by atoms with Crippen molar-refractivity contribution in [2.45, 2.75) is 56.9 Å². The third-order valence-corrected chi connectivity index (χ3v) is 9.25. The molecule has 35 heavy (non-hydrogen) atoms. The SMILES string of the molecule is CCC1(c2cccc(NS(C)(=O)=O)c2)C2CN(CCCC3(NC(C)=O)Cc4ccccc4C3)CC21. The van der Waals surface area contributed by atoms with Crippen LogP contribution in [0.4, 0.5) is 5.69 Å². The van der Waals surface area contributed by atoms with Crippen LogP contribution in [0.2, 0.25) is 0 Å². The Hall–Kier alpha value is -2.38. The second-order valence-electron chi connectivity index (χ2n) is 11.0. The zero-order chi connectivity index (χ0) is 24.8. The average molecular weight is 496 g/mol. The summed E-state index contributed by atoms with van der Waals surface area (Å²) in [6.07, 6.45) is 6.17. The van der Waals surface area contributed by atoms with Gasteiger partial charge in [-0.15, -0.1) is 0 Å². The summed E-state index contributed by atoms with van der Waals surface area (Å²) in [4.78, 5) is 14.6. The Morgan fingerprint density at radius 2 is 1.71 bits per heavy atom. The van der Waals surface area contributed by atoms with Crippen LogP contribution in [-0.2, 0) is 33.1 Å². The van der Waals surface area contributed by atoms with Crippen molar-refractivity contribution in [2.75, 3.05) is 30.6 Å². The maximum atomic E-state index is 12.0. The maximum Gasteiger partial charge on any atom is 0.229 e. The van der Waals surface area contributed by atoms with Crippen molar-refractivity contribution in [1.29, 1.82) is 0 Å². The normalized spacial score (nSPS) is 26.7. The second-order valence-corrected chi connectivity index (χ2v) is 12.8. The molecule has 1 heterocycles. The van der Waals surface area contributed by atoms with Gasteiger partial charge in [0.25, 0.3) is 0 Å². The molecule has 2 aromatic rings.